The summed E-state index contributed by atoms with van der Waals surface area (Å²) in [5.74, 6) is 0.299. The molecule has 1 atom stereocenters. The van der Waals surface area contributed by atoms with Gasteiger partial charge in [0.15, 0.2) is 0 Å². The molecule has 1 aromatic heterocycles. The Bertz CT molecular complexity index is 764. The number of carbonyl (C=O) groups is 1. The van der Waals surface area contributed by atoms with Gasteiger partial charge in [0.25, 0.3) is 0 Å². The molecule has 2 fully saturated rings. The van der Waals surface area contributed by atoms with Crippen molar-refractivity contribution in [2.24, 2.45) is 5.41 Å². The van der Waals surface area contributed by atoms with E-state index in [1.165, 1.54) is 5.39 Å². The maximum atomic E-state index is 12.8. The monoisotopic (exact) mass is 342 g/mol. The Hall–Kier alpha value is -1.92. The van der Waals surface area contributed by atoms with E-state index in [1.54, 1.807) is 7.11 Å². The molecule has 1 amide bonds. The van der Waals surface area contributed by atoms with E-state index >= 15 is 0 Å². The summed E-state index contributed by atoms with van der Waals surface area (Å²) in [7, 11) is 3.65. The van der Waals surface area contributed by atoms with E-state index in [4.69, 9.17) is 4.74 Å². The number of H-pyrrole nitrogens is 1. The first-order chi connectivity index (χ1) is 12.1. The number of hydrogen-bond donors (Lipinski definition) is 1. The molecule has 3 heterocycles. The lowest BCUT2D eigenvalue weighted by atomic mass is 9.71. The van der Waals surface area contributed by atoms with Crippen LogP contribution in [0, 0.1) is 5.41 Å². The number of aromatic amines is 1. The number of likely N-dealkylation sites (tertiary alicyclic amines) is 2. The number of ether oxygens (including phenoxy) is 1. The molecule has 1 N–H and O–H groups in total. The molecule has 0 bridgehead atoms. The summed E-state index contributed by atoms with van der Waals surface area (Å²) in [4.78, 5) is 17.1. The minimum Gasteiger partial charge on any atom is -0.380 e. The molecule has 6 nitrogen and oxygen atoms in total. The Morgan fingerprint density at radius 3 is 2.84 bits per heavy atom. The van der Waals surface area contributed by atoms with Crippen LogP contribution in [-0.2, 0) is 16.1 Å². The fourth-order valence-corrected chi connectivity index (χ4v) is 4.45. The summed E-state index contributed by atoms with van der Waals surface area (Å²) in [5, 5.41) is 8.75. The van der Waals surface area contributed by atoms with E-state index in [0.29, 0.717) is 12.5 Å². The number of methoxy groups -OCH3 is 1. The molecule has 1 aromatic carbocycles. The Labute approximate surface area is 148 Å². The van der Waals surface area contributed by atoms with E-state index in [2.05, 4.69) is 21.2 Å². The number of amides is 1. The normalized spacial score (nSPS) is 24.3. The fraction of sp³-hybridized carbons (Fsp3) is 0.579. The number of nitrogens with one attached hydrogen (secondary N) is 1. The Morgan fingerprint density at radius 2 is 2.08 bits per heavy atom. The summed E-state index contributed by atoms with van der Waals surface area (Å²) in [6, 6.07) is 8.20. The second-order valence-corrected chi connectivity index (χ2v) is 7.52. The summed E-state index contributed by atoms with van der Waals surface area (Å²) < 4.78 is 5.58. The molecule has 2 saturated heterocycles. The standard InChI is InChI=1S/C19H26N4O2/c1-22-12-14(25-2)11-19(18(22)24)7-9-23(10-8-19)13-17-15-5-3-4-6-16(15)20-21-17/h3-6,14H,7-13H2,1-2H3,(H,20,21). The van der Waals surface area contributed by atoms with Crippen LogP contribution in [0.25, 0.3) is 10.9 Å². The quantitative estimate of drug-likeness (QED) is 0.927. The second-order valence-electron chi connectivity index (χ2n) is 7.52. The van der Waals surface area contributed by atoms with Crippen LogP contribution in [0.15, 0.2) is 24.3 Å². The highest BCUT2D eigenvalue weighted by Gasteiger charge is 2.47. The predicted octanol–water partition coefficient (Wildman–Crippen LogP) is 2.02. The smallest absolute Gasteiger partial charge is 0.228 e. The number of hydrogen-bond acceptors (Lipinski definition) is 4. The SMILES string of the molecule is COC1CN(C)C(=O)C2(CCN(Cc3[nH]nc4ccccc34)CC2)C1. The Balaban J connectivity index is 1.45. The first kappa shape index (κ1) is 16.5. The van der Waals surface area contributed by atoms with Gasteiger partial charge in [0.1, 0.15) is 0 Å². The Morgan fingerprint density at radius 1 is 1.32 bits per heavy atom. The van der Waals surface area contributed by atoms with Gasteiger partial charge in [-0.25, -0.2) is 0 Å². The Kier molecular flexibility index (Phi) is 4.25. The summed E-state index contributed by atoms with van der Waals surface area (Å²) in [5.41, 5.74) is 1.94. The number of carbonyl (C=O) groups excluding carboxylic acids is 1. The van der Waals surface area contributed by atoms with Crippen molar-refractivity contribution in [3.05, 3.63) is 30.0 Å². The number of likely N-dealkylation sites (N-methyl/N-ethyl adjacent to an activating group) is 1. The molecule has 0 radical (unpaired) electrons. The largest absolute Gasteiger partial charge is 0.380 e. The van der Waals surface area contributed by atoms with E-state index in [0.717, 1.165) is 50.1 Å². The van der Waals surface area contributed by atoms with Gasteiger partial charge in [0, 0.05) is 32.6 Å². The fourth-order valence-electron chi connectivity index (χ4n) is 4.45. The minimum atomic E-state index is -0.236. The zero-order chi connectivity index (χ0) is 17.4. The summed E-state index contributed by atoms with van der Waals surface area (Å²) in [6.45, 7) is 3.43. The third-order valence-electron chi connectivity index (χ3n) is 5.96. The number of benzene rings is 1. The molecule has 2 aliphatic heterocycles. The first-order valence-corrected chi connectivity index (χ1v) is 9.04. The van der Waals surface area contributed by atoms with Crippen LogP contribution in [0.3, 0.4) is 0 Å². The van der Waals surface area contributed by atoms with Gasteiger partial charge in [-0.15, -0.1) is 0 Å². The van der Waals surface area contributed by atoms with Gasteiger partial charge in [-0.2, -0.15) is 5.10 Å². The third kappa shape index (κ3) is 2.93. The van der Waals surface area contributed by atoms with Gasteiger partial charge >= 0.3 is 0 Å². The minimum absolute atomic E-state index is 0.158. The third-order valence-corrected chi connectivity index (χ3v) is 5.96. The van der Waals surface area contributed by atoms with Crippen molar-refractivity contribution >= 4 is 16.8 Å². The van der Waals surface area contributed by atoms with Crippen LogP contribution in [0.2, 0.25) is 0 Å². The van der Waals surface area contributed by atoms with Gasteiger partial charge in [-0.05, 0) is 38.4 Å². The lowest BCUT2D eigenvalue weighted by Gasteiger charge is -2.47. The van der Waals surface area contributed by atoms with Crippen molar-refractivity contribution in [2.45, 2.75) is 31.9 Å². The van der Waals surface area contributed by atoms with Gasteiger partial charge in [0.05, 0.1) is 22.7 Å². The van der Waals surface area contributed by atoms with Crippen molar-refractivity contribution in [1.82, 2.24) is 20.0 Å². The van der Waals surface area contributed by atoms with Crippen LogP contribution < -0.4 is 0 Å². The molecule has 4 rings (SSSR count). The van der Waals surface area contributed by atoms with Crippen molar-refractivity contribution in [1.29, 1.82) is 0 Å². The molecule has 134 valence electrons. The van der Waals surface area contributed by atoms with E-state index < -0.39 is 0 Å². The molecule has 6 heteroatoms. The van der Waals surface area contributed by atoms with Gasteiger partial charge in [-0.3, -0.25) is 14.8 Å². The molecular formula is C19H26N4O2. The van der Waals surface area contributed by atoms with Crippen molar-refractivity contribution in [3.63, 3.8) is 0 Å². The van der Waals surface area contributed by atoms with Crippen molar-refractivity contribution in [3.8, 4) is 0 Å². The summed E-state index contributed by atoms with van der Waals surface area (Å²) >= 11 is 0. The number of para-hydroxylation sites is 1. The van der Waals surface area contributed by atoms with Crippen LogP contribution in [0.1, 0.15) is 25.0 Å². The van der Waals surface area contributed by atoms with Crippen molar-refractivity contribution < 1.29 is 9.53 Å². The van der Waals surface area contributed by atoms with Crippen LogP contribution in [-0.4, -0.2) is 65.8 Å². The summed E-state index contributed by atoms with van der Waals surface area (Å²) in [6.07, 6.45) is 2.82. The second kappa shape index (κ2) is 6.42. The van der Waals surface area contributed by atoms with Crippen LogP contribution >= 0.6 is 0 Å². The molecule has 0 saturated carbocycles. The first-order valence-electron chi connectivity index (χ1n) is 9.04. The average molecular weight is 342 g/mol. The van der Waals surface area contributed by atoms with Crippen molar-refractivity contribution in [2.75, 3.05) is 33.8 Å². The van der Waals surface area contributed by atoms with Gasteiger partial charge in [0.2, 0.25) is 5.91 Å². The predicted molar refractivity (Wildman–Crippen MR) is 96.1 cm³/mol. The van der Waals surface area contributed by atoms with Gasteiger partial charge in [-0.1, -0.05) is 18.2 Å². The highest BCUT2D eigenvalue weighted by atomic mass is 16.5. The maximum Gasteiger partial charge on any atom is 0.228 e. The molecule has 0 aliphatic carbocycles. The molecule has 2 aliphatic rings. The topological polar surface area (TPSA) is 61.5 Å². The number of piperidine rings is 2. The maximum absolute atomic E-state index is 12.8. The lowest BCUT2D eigenvalue weighted by molar-refractivity contribution is -0.156. The molecule has 1 unspecified atom stereocenters. The van der Waals surface area contributed by atoms with Crippen LogP contribution in [0.5, 0.6) is 0 Å². The number of fused-ring (bicyclic) bond motifs is 1. The molecule has 1 spiro atoms. The lowest BCUT2D eigenvalue weighted by Crippen LogP contribution is -2.56. The van der Waals surface area contributed by atoms with E-state index in [-0.39, 0.29) is 11.5 Å². The van der Waals surface area contributed by atoms with E-state index in [9.17, 15) is 4.79 Å². The zero-order valence-corrected chi connectivity index (χ0v) is 15.0. The van der Waals surface area contributed by atoms with Crippen LogP contribution in [0.4, 0.5) is 0 Å². The van der Waals surface area contributed by atoms with E-state index in [1.807, 2.05) is 30.1 Å². The number of aromatic nitrogens is 2. The zero-order valence-electron chi connectivity index (χ0n) is 15.0. The number of nitrogens with zero attached hydrogens (tertiary/aromatic N) is 3. The van der Waals surface area contributed by atoms with Gasteiger partial charge < -0.3 is 9.64 Å². The highest BCUT2D eigenvalue weighted by molar-refractivity contribution is 5.83. The number of rotatable bonds is 3. The highest BCUT2D eigenvalue weighted by Crippen LogP contribution is 2.41. The molecule has 2 aromatic rings. The molecular weight excluding hydrogens is 316 g/mol. The molecule has 25 heavy (non-hydrogen) atoms. The average Bonchev–Trinajstić information content (AvgIpc) is 3.04.